The number of piperidine rings is 1. The van der Waals surface area contributed by atoms with E-state index in [2.05, 4.69) is 19.8 Å². The second kappa shape index (κ2) is 6.86. The molecule has 1 aromatic carbocycles. The van der Waals surface area contributed by atoms with Gasteiger partial charge in [0.2, 0.25) is 0 Å². The van der Waals surface area contributed by atoms with Gasteiger partial charge in [-0.05, 0) is 43.1 Å². The summed E-state index contributed by atoms with van der Waals surface area (Å²) in [6.07, 6.45) is 3.78. The molecule has 1 aromatic heterocycles. The molecule has 2 aromatic rings. The van der Waals surface area contributed by atoms with Gasteiger partial charge in [0.05, 0.1) is 0 Å². The van der Waals surface area contributed by atoms with E-state index in [9.17, 15) is 4.79 Å². The predicted molar refractivity (Wildman–Crippen MR) is 95.1 cm³/mol. The number of piperazine rings is 1. The average molecular weight is 343 g/mol. The Bertz CT molecular complexity index is 688. The third kappa shape index (κ3) is 3.27. The summed E-state index contributed by atoms with van der Waals surface area (Å²) in [4.78, 5) is 17.0. The van der Waals surface area contributed by atoms with E-state index in [1.165, 1.54) is 37.3 Å². The van der Waals surface area contributed by atoms with Gasteiger partial charge in [-0.3, -0.25) is 4.90 Å². The molecule has 4 rings (SSSR count). The third-order valence-electron chi connectivity index (χ3n) is 4.92. The molecule has 24 heavy (non-hydrogen) atoms. The lowest BCUT2D eigenvalue weighted by molar-refractivity contribution is 0.0678. The number of aromatic nitrogens is 2. The number of fused-ring (bicyclic) bond motifs is 1. The fraction of sp³-hybridized carbons (Fsp3) is 0.471. The van der Waals surface area contributed by atoms with Crippen LogP contribution in [0.1, 0.15) is 19.3 Å². The number of amides is 2. The van der Waals surface area contributed by atoms with Crippen molar-refractivity contribution < 1.29 is 4.79 Å². The molecular weight excluding hydrogens is 322 g/mol. The molecule has 2 saturated heterocycles. The molecule has 0 saturated carbocycles. The first kappa shape index (κ1) is 15.5. The molecule has 2 aliphatic rings. The molecule has 0 radical (unpaired) electrons. The van der Waals surface area contributed by atoms with Crippen LogP contribution in [0.25, 0.3) is 11.3 Å². The number of hydrogen-bond acceptors (Lipinski definition) is 5. The van der Waals surface area contributed by atoms with Gasteiger partial charge in [0.15, 0.2) is 0 Å². The zero-order valence-corrected chi connectivity index (χ0v) is 14.3. The van der Waals surface area contributed by atoms with Crippen molar-refractivity contribution in [3.8, 4) is 11.3 Å². The standard InChI is InChI=1S/C17H21N5OS/c23-17(22-10-9-21-8-2-1-3-15(21)11-22)18-14-6-4-13(5-7-14)16-12-24-20-19-16/h4-7,12,15H,1-3,8-11H2,(H,18,23)/t15-/m1/s1. The van der Waals surface area contributed by atoms with E-state index in [1.807, 2.05) is 34.5 Å². The van der Waals surface area contributed by atoms with E-state index in [-0.39, 0.29) is 6.03 Å². The van der Waals surface area contributed by atoms with Gasteiger partial charge < -0.3 is 10.2 Å². The van der Waals surface area contributed by atoms with Gasteiger partial charge in [0.1, 0.15) is 5.69 Å². The Morgan fingerprint density at radius 1 is 1.17 bits per heavy atom. The fourth-order valence-corrected chi connectivity index (χ4v) is 4.02. The first-order valence-corrected chi connectivity index (χ1v) is 9.31. The third-order valence-corrected chi connectivity index (χ3v) is 5.42. The van der Waals surface area contributed by atoms with Crippen LogP contribution >= 0.6 is 11.5 Å². The smallest absolute Gasteiger partial charge is 0.321 e. The highest BCUT2D eigenvalue weighted by Crippen LogP contribution is 2.23. The quantitative estimate of drug-likeness (QED) is 0.911. The SMILES string of the molecule is O=C(Nc1ccc(-c2csnn2)cc1)N1CCN2CCCC[C@@H]2C1. The van der Waals surface area contributed by atoms with Gasteiger partial charge in [-0.2, -0.15) is 0 Å². The minimum absolute atomic E-state index is 0.00305. The number of nitrogens with one attached hydrogen (secondary N) is 1. The zero-order chi connectivity index (χ0) is 16.4. The Morgan fingerprint density at radius 3 is 2.83 bits per heavy atom. The van der Waals surface area contributed by atoms with E-state index in [0.29, 0.717) is 6.04 Å². The molecule has 0 spiro atoms. The second-order valence-electron chi connectivity index (χ2n) is 6.43. The summed E-state index contributed by atoms with van der Waals surface area (Å²) in [7, 11) is 0. The number of carbonyl (C=O) groups is 1. The van der Waals surface area contributed by atoms with Gasteiger partial charge in [-0.15, -0.1) is 5.10 Å². The minimum atomic E-state index is 0.00305. The molecule has 0 bridgehead atoms. The van der Waals surface area contributed by atoms with Crippen LogP contribution in [0.5, 0.6) is 0 Å². The number of carbonyl (C=O) groups excluding carboxylic acids is 1. The first-order chi connectivity index (χ1) is 11.8. The Balaban J connectivity index is 1.37. The van der Waals surface area contributed by atoms with Crippen LogP contribution in [0, 0.1) is 0 Å². The molecule has 126 valence electrons. The molecule has 1 N–H and O–H groups in total. The molecule has 6 nitrogen and oxygen atoms in total. The van der Waals surface area contributed by atoms with Crippen molar-refractivity contribution in [1.82, 2.24) is 19.4 Å². The van der Waals surface area contributed by atoms with Crippen molar-refractivity contribution in [2.45, 2.75) is 25.3 Å². The summed E-state index contributed by atoms with van der Waals surface area (Å²) in [6, 6.07) is 8.31. The van der Waals surface area contributed by atoms with Crippen molar-refractivity contribution in [2.24, 2.45) is 0 Å². The van der Waals surface area contributed by atoms with E-state index in [0.717, 1.165) is 36.6 Å². The number of urea groups is 1. The summed E-state index contributed by atoms with van der Waals surface area (Å²) < 4.78 is 3.87. The minimum Gasteiger partial charge on any atom is -0.322 e. The Kier molecular flexibility index (Phi) is 4.44. The molecule has 1 atom stereocenters. The Morgan fingerprint density at radius 2 is 2.04 bits per heavy atom. The van der Waals surface area contributed by atoms with Crippen LogP contribution in [0.3, 0.4) is 0 Å². The summed E-state index contributed by atoms with van der Waals surface area (Å²) in [5, 5.41) is 8.99. The zero-order valence-electron chi connectivity index (χ0n) is 13.5. The van der Waals surface area contributed by atoms with E-state index < -0.39 is 0 Å². The lowest BCUT2D eigenvalue weighted by atomic mass is 10.00. The van der Waals surface area contributed by atoms with Gasteiger partial charge in [-0.25, -0.2) is 4.79 Å². The van der Waals surface area contributed by atoms with Crippen LogP contribution in [0.15, 0.2) is 29.6 Å². The molecular formula is C17H21N5OS. The average Bonchev–Trinajstić information content (AvgIpc) is 3.16. The van der Waals surface area contributed by atoms with Crippen LogP contribution in [0.2, 0.25) is 0 Å². The normalized spacial score (nSPS) is 21.3. The molecule has 0 aliphatic carbocycles. The van der Waals surface area contributed by atoms with Crippen molar-refractivity contribution >= 4 is 23.3 Å². The fourth-order valence-electron chi connectivity index (χ4n) is 3.56. The Labute approximate surface area is 145 Å². The maximum Gasteiger partial charge on any atom is 0.321 e. The van der Waals surface area contributed by atoms with Crippen LogP contribution in [-0.4, -0.2) is 57.6 Å². The number of hydrogen-bond donors (Lipinski definition) is 1. The lowest BCUT2D eigenvalue weighted by Gasteiger charge is -2.43. The largest absolute Gasteiger partial charge is 0.322 e. The van der Waals surface area contributed by atoms with Crippen molar-refractivity contribution in [1.29, 1.82) is 0 Å². The topological polar surface area (TPSA) is 61.4 Å². The number of anilines is 1. The number of rotatable bonds is 2. The van der Waals surface area contributed by atoms with Crippen molar-refractivity contribution in [3.63, 3.8) is 0 Å². The van der Waals surface area contributed by atoms with Gasteiger partial charge in [0, 0.05) is 42.3 Å². The molecule has 2 fully saturated rings. The van der Waals surface area contributed by atoms with Gasteiger partial charge in [-0.1, -0.05) is 23.0 Å². The molecule has 3 heterocycles. The van der Waals surface area contributed by atoms with E-state index >= 15 is 0 Å². The highest BCUT2D eigenvalue weighted by Gasteiger charge is 2.30. The lowest BCUT2D eigenvalue weighted by Crippen LogP contribution is -2.56. The second-order valence-corrected chi connectivity index (χ2v) is 7.04. The summed E-state index contributed by atoms with van der Waals surface area (Å²) in [6.45, 7) is 3.83. The van der Waals surface area contributed by atoms with Gasteiger partial charge in [0.25, 0.3) is 0 Å². The van der Waals surface area contributed by atoms with E-state index in [4.69, 9.17) is 0 Å². The molecule has 0 unspecified atom stereocenters. The van der Waals surface area contributed by atoms with Crippen LogP contribution in [0.4, 0.5) is 10.5 Å². The van der Waals surface area contributed by atoms with Crippen LogP contribution in [-0.2, 0) is 0 Å². The van der Waals surface area contributed by atoms with Gasteiger partial charge >= 0.3 is 6.03 Å². The molecule has 2 amide bonds. The van der Waals surface area contributed by atoms with Crippen molar-refractivity contribution in [3.05, 3.63) is 29.6 Å². The highest BCUT2D eigenvalue weighted by atomic mass is 32.1. The Hall–Kier alpha value is -1.99. The van der Waals surface area contributed by atoms with E-state index in [1.54, 1.807) is 0 Å². The summed E-state index contributed by atoms with van der Waals surface area (Å²) >= 11 is 1.34. The highest BCUT2D eigenvalue weighted by molar-refractivity contribution is 7.03. The van der Waals surface area contributed by atoms with Crippen LogP contribution < -0.4 is 5.32 Å². The summed E-state index contributed by atoms with van der Waals surface area (Å²) in [5.41, 5.74) is 2.70. The molecule has 2 aliphatic heterocycles. The first-order valence-electron chi connectivity index (χ1n) is 8.47. The molecule has 7 heteroatoms. The van der Waals surface area contributed by atoms with Crippen molar-refractivity contribution in [2.75, 3.05) is 31.5 Å². The number of nitrogens with zero attached hydrogens (tertiary/aromatic N) is 4. The number of benzene rings is 1. The predicted octanol–water partition coefficient (Wildman–Crippen LogP) is 2.91. The monoisotopic (exact) mass is 343 g/mol. The maximum absolute atomic E-state index is 12.5. The summed E-state index contributed by atoms with van der Waals surface area (Å²) in [5.74, 6) is 0. The maximum atomic E-state index is 12.5.